The van der Waals surface area contributed by atoms with E-state index in [4.69, 9.17) is 4.74 Å². The van der Waals surface area contributed by atoms with Crippen LogP contribution in [0.1, 0.15) is 36.2 Å². The first-order chi connectivity index (χ1) is 7.47. The molecule has 0 aliphatic carbocycles. The number of Topliss-reactive ketones (excluding diaryl/α,β-unsaturated/α-hetero) is 1. The molecule has 0 bridgehead atoms. The second kappa shape index (κ2) is 5.01. The van der Waals surface area contributed by atoms with Crippen LogP contribution in [-0.4, -0.2) is 12.4 Å². The monoisotopic (exact) mass is 232 g/mol. The summed E-state index contributed by atoms with van der Waals surface area (Å²) >= 11 is 0. The van der Waals surface area contributed by atoms with Gasteiger partial charge < -0.3 is 4.74 Å². The van der Waals surface area contributed by atoms with Crippen molar-refractivity contribution in [1.29, 1.82) is 0 Å². The van der Waals surface area contributed by atoms with Crippen LogP contribution in [-0.2, 0) is 0 Å². The van der Waals surface area contributed by atoms with E-state index < -0.39 is 29.2 Å². The second-order valence-electron chi connectivity index (χ2n) is 3.16. The SMILES string of the molecule is CCOc1cc(F)c(C(C)=O)c(C(F)F)c1. The van der Waals surface area contributed by atoms with Crippen LogP contribution in [0.5, 0.6) is 5.75 Å². The maximum Gasteiger partial charge on any atom is 0.264 e. The van der Waals surface area contributed by atoms with Crippen molar-refractivity contribution in [2.45, 2.75) is 20.3 Å². The van der Waals surface area contributed by atoms with Crippen LogP contribution in [0, 0.1) is 5.82 Å². The van der Waals surface area contributed by atoms with Gasteiger partial charge >= 0.3 is 0 Å². The minimum Gasteiger partial charge on any atom is -0.494 e. The molecule has 88 valence electrons. The van der Waals surface area contributed by atoms with Crippen molar-refractivity contribution in [3.05, 3.63) is 29.1 Å². The third-order valence-electron chi connectivity index (χ3n) is 1.99. The lowest BCUT2D eigenvalue weighted by atomic mass is 10.0. The highest BCUT2D eigenvalue weighted by molar-refractivity contribution is 5.96. The molecule has 16 heavy (non-hydrogen) atoms. The summed E-state index contributed by atoms with van der Waals surface area (Å²) in [6, 6.07) is 1.93. The summed E-state index contributed by atoms with van der Waals surface area (Å²) in [6.07, 6.45) is -2.91. The number of carbonyl (C=O) groups is 1. The molecule has 0 aliphatic rings. The van der Waals surface area contributed by atoms with Gasteiger partial charge in [-0.3, -0.25) is 4.79 Å². The standard InChI is InChI=1S/C11H11F3O2/c1-3-16-7-4-8(11(13)14)10(6(2)15)9(12)5-7/h4-5,11H,3H2,1-2H3. The minimum absolute atomic E-state index is 0.000278. The number of alkyl halides is 2. The van der Waals surface area contributed by atoms with Gasteiger partial charge in [0.25, 0.3) is 6.43 Å². The normalized spacial score (nSPS) is 10.6. The molecule has 0 saturated heterocycles. The highest BCUT2D eigenvalue weighted by Gasteiger charge is 2.21. The zero-order valence-electron chi connectivity index (χ0n) is 8.89. The van der Waals surface area contributed by atoms with E-state index in [9.17, 15) is 18.0 Å². The molecule has 0 aliphatic heterocycles. The van der Waals surface area contributed by atoms with Crippen LogP contribution < -0.4 is 4.74 Å². The van der Waals surface area contributed by atoms with Crippen molar-refractivity contribution in [2.75, 3.05) is 6.61 Å². The smallest absolute Gasteiger partial charge is 0.264 e. The van der Waals surface area contributed by atoms with E-state index in [1.165, 1.54) is 0 Å². The quantitative estimate of drug-likeness (QED) is 0.744. The number of halogens is 3. The molecule has 0 fully saturated rings. The fourth-order valence-corrected chi connectivity index (χ4v) is 1.40. The Morgan fingerprint density at radius 1 is 1.44 bits per heavy atom. The molecule has 2 nitrogen and oxygen atoms in total. The van der Waals surface area contributed by atoms with Gasteiger partial charge in [0.15, 0.2) is 5.78 Å². The summed E-state index contributed by atoms with van der Waals surface area (Å²) < 4.78 is 43.6. The summed E-state index contributed by atoms with van der Waals surface area (Å²) in [5.74, 6) is -1.70. The van der Waals surface area contributed by atoms with Crippen LogP contribution >= 0.6 is 0 Å². The Bertz CT molecular complexity index is 402. The first-order valence-corrected chi connectivity index (χ1v) is 4.72. The van der Waals surface area contributed by atoms with E-state index in [-0.39, 0.29) is 12.4 Å². The molecule has 0 aromatic heterocycles. The Morgan fingerprint density at radius 3 is 2.50 bits per heavy atom. The molecule has 1 rings (SSSR count). The molecule has 0 heterocycles. The van der Waals surface area contributed by atoms with Crippen molar-refractivity contribution in [3.63, 3.8) is 0 Å². The van der Waals surface area contributed by atoms with Crippen LogP contribution in [0.15, 0.2) is 12.1 Å². The largest absolute Gasteiger partial charge is 0.494 e. The van der Waals surface area contributed by atoms with Crippen LogP contribution in [0.2, 0.25) is 0 Å². The molecule has 1 aromatic rings. The summed E-state index contributed by atoms with van der Waals surface area (Å²) in [5.41, 5.74) is -1.20. The van der Waals surface area contributed by atoms with Gasteiger partial charge in [-0.05, 0) is 19.9 Å². The molecular weight excluding hydrogens is 221 g/mol. The van der Waals surface area contributed by atoms with Gasteiger partial charge in [0.2, 0.25) is 0 Å². The Balaban J connectivity index is 3.33. The number of hydrogen-bond donors (Lipinski definition) is 0. The van der Waals surface area contributed by atoms with Crippen LogP contribution in [0.3, 0.4) is 0 Å². The van der Waals surface area contributed by atoms with Gasteiger partial charge in [-0.15, -0.1) is 0 Å². The molecule has 0 atom stereocenters. The zero-order valence-corrected chi connectivity index (χ0v) is 8.89. The number of carbonyl (C=O) groups excluding carboxylic acids is 1. The topological polar surface area (TPSA) is 26.3 Å². The number of benzene rings is 1. The molecule has 0 N–H and O–H groups in total. The lowest BCUT2D eigenvalue weighted by Gasteiger charge is -2.10. The zero-order chi connectivity index (χ0) is 12.3. The fraction of sp³-hybridized carbons (Fsp3) is 0.364. The summed E-state index contributed by atoms with van der Waals surface area (Å²) in [5, 5.41) is 0. The predicted molar refractivity (Wildman–Crippen MR) is 52.5 cm³/mol. The number of ketones is 1. The highest BCUT2D eigenvalue weighted by atomic mass is 19.3. The second-order valence-corrected chi connectivity index (χ2v) is 3.16. The fourth-order valence-electron chi connectivity index (χ4n) is 1.40. The number of hydrogen-bond acceptors (Lipinski definition) is 2. The first kappa shape index (κ1) is 12.5. The first-order valence-electron chi connectivity index (χ1n) is 4.72. The Hall–Kier alpha value is -1.52. The third kappa shape index (κ3) is 2.53. The lowest BCUT2D eigenvalue weighted by Crippen LogP contribution is -2.05. The van der Waals surface area contributed by atoms with Gasteiger partial charge in [-0.25, -0.2) is 13.2 Å². The lowest BCUT2D eigenvalue weighted by molar-refractivity contribution is 0.0993. The Kier molecular flexibility index (Phi) is 3.93. The highest BCUT2D eigenvalue weighted by Crippen LogP contribution is 2.29. The average Bonchev–Trinajstić information content (AvgIpc) is 2.16. The van der Waals surface area contributed by atoms with Crippen molar-refractivity contribution in [2.24, 2.45) is 0 Å². The van der Waals surface area contributed by atoms with Crippen molar-refractivity contribution < 1.29 is 22.7 Å². The summed E-state index contributed by atoms with van der Waals surface area (Å²) in [4.78, 5) is 11.0. The summed E-state index contributed by atoms with van der Waals surface area (Å²) in [7, 11) is 0. The van der Waals surface area contributed by atoms with E-state index >= 15 is 0 Å². The van der Waals surface area contributed by atoms with Crippen molar-refractivity contribution >= 4 is 5.78 Å². The van der Waals surface area contributed by atoms with E-state index in [1.807, 2.05) is 0 Å². The molecule has 0 radical (unpaired) electrons. The van der Waals surface area contributed by atoms with Crippen LogP contribution in [0.4, 0.5) is 13.2 Å². The van der Waals surface area contributed by atoms with Gasteiger partial charge in [0.05, 0.1) is 12.2 Å². The Morgan fingerprint density at radius 2 is 2.06 bits per heavy atom. The molecular formula is C11H11F3O2. The van der Waals surface area contributed by atoms with E-state index in [0.29, 0.717) is 0 Å². The minimum atomic E-state index is -2.91. The van der Waals surface area contributed by atoms with Gasteiger partial charge in [-0.2, -0.15) is 0 Å². The molecule has 1 aromatic carbocycles. The van der Waals surface area contributed by atoms with Crippen molar-refractivity contribution in [3.8, 4) is 5.75 Å². The number of rotatable bonds is 4. The van der Waals surface area contributed by atoms with Crippen molar-refractivity contribution in [1.82, 2.24) is 0 Å². The third-order valence-corrected chi connectivity index (χ3v) is 1.99. The van der Waals surface area contributed by atoms with E-state index in [0.717, 1.165) is 19.1 Å². The van der Waals surface area contributed by atoms with Gasteiger partial charge in [-0.1, -0.05) is 0 Å². The molecule has 0 amide bonds. The Labute approximate surface area is 91.0 Å². The molecule has 0 spiro atoms. The molecule has 0 saturated carbocycles. The molecule has 0 unspecified atom stereocenters. The predicted octanol–water partition coefficient (Wildman–Crippen LogP) is 3.36. The maximum absolute atomic E-state index is 13.4. The summed E-state index contributed by atoms with van der Waals surface area (Å²) in [6.45, 7) is 2.94. The molecule has 5 heteroatoms. The van der Waals surface area contributed by atoms with E-state index in [2.05, 4.69) is 0 Å². The van der Waals surface area contributed by atoms with Gasteiger partial charge in [0.1, 0.15) is 11.6 Å². The maximum atomic E-state index is 13.4. The average molecular weight is 232 g/mol. The van der Waals surface area contributed by atoms with Gasteiger partial charge in [0, 0.05) is 11.6 Å². The van der Waals surface area contributed by atoms with E-state index in [1.54, 1.807) is 6.92 Å². The van der Waals surface area contributed by atoms with Crippen LogP contribution in [0.25, 0.3) is 0 Å². The number of ether oxygens (including phenoxy) is 1.